The van der Waals surface area contributed by atoms with Gasteiger partial charge in [-0.3, -0.25) is 0 Å². The van der Waals surface area contributed by atoms with E-state index in [0.717, 1.165) is 51.4 Å². The summed E-state index contributed by atoms with van der Waals surface area (Å²) in [6.07, 6.45) is -0.707. The van der Waals surface area contributed by atoms with Gasteiger partial charge < -0.3 is 0 Å². The molecule has 0 unspecified atom stereocenters. The van der Waals surface area contributed by atoms with Crippen LogP contribution in [0.4, 0.5) is 92.2 Å². The zero-order valence-corrected chi connectivity index (χ0v) is 24.3. The molecule has 0 radical (unpaired) electrons. The van der Waals surface area contributed by atoms with Gasteiger partial charge >= 0.3 is 59.5 Å². The van der Waals surface area contributed by atoms with Crippen molar-refractivity contribution in [3.8, 4) is 0 Å². The SMILES string of the molecule is CCCCCCCCCCCCCCC=CC(F)(F)C(F)(F)C(F)(F)C(F)(F)C(F)(F)C(F)(F)C(F)(F)C(F)(F)C(F)(F)C(F)(F)F. The van der Waals surface area contributed by atoms with Gasteiger partial charge in [-0.1, -0.05) is 83.6 Å². The minimum absolute atomic E-state index is 0.0287. The lowest BCUT2D eigenvalue weighted by molar-refractivity contribution is -0.473. The summed E-state index contributed by atoms with van der Waals surface area (Å²) in [4.78, 5) is 0. The van der Waals surface area contributed by atoms with E-state index in [4.69, 9.17) is 0 Å². The number of hydrogen-bond acceptors (Lipinski definition) is 0. The van der Waals surface area contributed by atoms with Crippen LogP contribution < -0.4 is 0 Å². The molecule has 47 heavy (non-hydrogen) atoms. The fourth-order valence-electron chi connectivity index (χ4n) is 4.01. The van der Waals surface area contributed by atoms with Gasteiger partial charge in [0.15, 0.2) is 0 Å². The van der Waals surface area contributed by atoms with Gasteiger partial charge in [-0.2, -0.15) is 92.2 Å². The number of halogens is 21. The van der Waals surface area contributed by atoms with E-state index in [1.54, 1.807) is 0 Å². The number of allylic oxidation sites excluding steroid dienone is 2. The van der Waals surface area contributed by atoms with Crippen LogP contribution in [0.3, 0.4) is 0 Å². The summed E-state index contributed by atoms with van der Waals surface area (Å²) in [6, 6.07) is 0. The van der Waals surface area contributed by atoms with Crippen LogP contribution in [0.15, 0.2) is 12.2 Å². The molecule has 0 N–H and O–H groups in total. The van der Waals surface area contributed by atoms with E-state index in [-0.39, 0.29) is 18.9 Å². The topological polar surface area (TPSA) is 0 Å². The van der Waals surface area contributed by atoms with Crippen molar-refractivity contribution in [2.45, 2.75) is 150 Å². The molecule has 0 fully saturated rings. The van der Waals surface area contributed by atoms with Crippen LogP contribution in [0, 0.1) is 0 Å². The van der Waals surface area contributed by atoms with Crippen LogP contribution in [0.25, 0.3) is 0 Å². The molecule has 0 nitrogen and oxygen atoms in total. The Hall–Kier alpha value is -1.73. The molecule has 0 aromatic heterocycles. The molecule has 0 aliphatic rings. The van der Waals surface area contributed by atoms with Gasteiger partial charge in [0.1, 0.15) is 0 Å². The van der Waals surface area contributed by atoms with Crippen molar-refractivity contribution < 1.29 is 92.2 Å². The average molecular weight is 742 g/mol. The summed E-state index contributed by atoms with van der Waals surface area (Å²) in [5, 5.41) is 0. The Morgan fingerprint density at radius 3 is 0.872 bits per heavy atom. The van der Waals surface area contributed by atoms with E-state index in [1.165, 1.54) is 0 Å². The molecule has 0 aromatic carbocycles. The number of unbranched alkanes of at least 4 members (excludes halogenated alkanes) is 12. The summed E-state index contributed by atoms with van der Waals surface area (Å²) < 4.78 is 281. The Balaban J connectivity index is 5.77. The third-order valence-electron chi connectivity index (χ3n) is 7.09. The highest BCUT2D eigenvalue weighted by Crippen LogP contribution is 2.66. The highest BCUT2D eigenvalue weighted by molar-refractivity contribution is 5.19. The zero-order valence-electron chi connectivity index (χ0n) is 24.3. The van der Waals surface area contributed by atoms with Gasteiger partial charge in [0.05, 0.1) is 0 Å². The van der Waals surface area contributed by atoms with Crippen molar-refractivity contribution in [3.63, 3.8) is 0 Å². The average Bonchev–Trinajstić information content (AvgIpc) is 2.91. The van der Waals surface area contributed by atoms with Gasteiger partial charge in [-0.05, 0) is 18.9 Å². The fraction of sp³-hybridized carbons (Fsp3) is 0.923. The van der Waals surface area contributed by atoms with E-state index in [2.05, 4.69) is 0 Å². The first-order valence-electron chi connectivity index (χ1n) is 14.0. The van der Waals surface area contributed by atoms with Crippen LogP contribution in [0.2, 0.25) is 0 Å². The second-order valence-electron chi connectivity index (χ2n) is 10.8. The van der Waals surface area contributed by atoms with Gasteiger partial charge in [-0.15, -0.1) is 0 Å². The largest absolute Gasteiger partial charge is 0.460 e. The summed E-state index contributed by atoms with van der Waals surface area (Å²) in [5.74, 6) is -76.7. The summed E-state index contributed by atoms with van der Waals surface area (Å²) in [7, 11) is 0. The van der Waals surface area contributed by atoms with Gasteiger partial charge in [0.2, 0.25) is 0 Å². The van der Waals surface area contributed by atoms with Gasteiger partial charge in [-0.25, -0.2) is 0 Å². The number of hydrogen-bond donors (Lipinski definition) is 0. The number of rotatable bonds is 22. The van der Waals surface area contributed by atoms with E-state index >= 15 is 0 Å². The Kier molecular flexibility index (Phi) is 14.9. The maximum atomic E-state index is 13.9. The van der Waals surface area contributed by atoms with Gasteiger partial charge in [0, 0.05) is 0 Å². The molecule has 0 saturated carbocycles. The lowest BCUT2D eigenvalue weighted by atomic mass is 9.86. The summed E-state index contributed by atoms with van der Waals surface area (Å²) in [6.45, 7) is 2.05. The molecule has 0 aliphatic heterocycles. The van der Waals surface area contributed by atoms with Crippen LogP contribution in [0.1, 0.15) is 90.4 Å². The van der Waals surface area contributed by atoms with E-state index < -0.39 is 72.0 Å². The normalized spacial score (nSPS) is 15.6. The lowest BCUT2D eigenvalue weighted by Crippen LogP contribution is -2.76. The van der Waals surface area contributed by atoms with Crippen molar-refractivity contribution in [1.82, 2.24) is 0 Å². The second kappa shape index (κ2) is 15.4. The molecule has 0 saturated heterocycles. The van der Waals surface area contributed by atoms with Crippen molar-refractivity contribution in [3.05, 3.63) is 12.2 Å². The molecule has 0 heterocycles. The minimum Gasteiger partial charge on any atom is -0.195 e. The molecule has 0 atom stereocenters. The Labute approximate surface area is 255 Å². The first-order valence-corrected chi connectivity index (χ1v) is 14.0. The summed E-state index contributed by atoms with van der Waals surface area (Å²) in [5.41, 5.74) is 0. The minimum atomic E-state index is -9.15. The Morgan fingerprint density at radius 2 is 0.574 bits per heavy atom. The first-order chi connectivity index (χ1) is 20.8. The molecular weight excluding hydrogens is 711 g/mol. The monoisotopic (exact) mass is 742 g/mol. The zero-order chi connectivity index (χ0) is 37.6. The van der Waals surface area contributed by atoms with Gasteiger partial charge in [0.25, 0.3) is 0 Å². The standard InChI is InChI=1S/C26H31F21/c1-2-3-4-5-6-7-8-9-10-11-12-13-14-15-16-17(27,28)18(29,30)19(31,32)20(33,34)21(35,36)22(37,38)23(39,40)24(41,42)25(43,44)26(45,46)47/h15-16H,2-14H2,1H3. The third kappa shape index (κ3) is 8.53. The Bertz CT molecular complexity index is 978. The predicted octanol–water partition coefficient (Wildman–Crippen LogP) is 12.9. The molecule has 0 aromatic rings. The van der Waals surface area contributed by atoms with E-state index in [9.17, 15) is 92.2 Å². The van der Waals surface area contributed by atoms with Crippen LogP contribution in [0.5, 0.6) is 0 Å². The van der Waals surface area contributed by atoms with Crippen molar-refractivity contribution >= 4 is 0 Å². The highest BCUT2D eigenvalue weighted by atomic mass is 19.4. The van der Waals surface area contributed by atoms with Crippen molar-refractivity contribution in [2.75, 3.05) is 0 Å². The molecule has 0 aliphatic carbocycles. The van der Waals surface area contributed by atoms with Crippen molar-refractivity contribution in [1.29, 1.82) is 0 Å². The Morgan fingerprint density at radius 1 is 0.319 bits per heavy atom. The van der Waals surface area contributed by atoms with E-state index in [1.807, 2.05) is 6.92 Å². The molecule has 282 valence electrons. The number of alkyl halides is 21. The maximum Gasteiger partial charge on any atom is 0.460 e. The van der Waals surface area contributed by atoms with Crippen LogP contribution in [-0.4, -0.2) is 59.5 Å². The molecule has 0 bridgehead atoms. The lowest BCUT2D eigenvalue weighted by Gasteiger charge is -2.44. The third-order valence-corrected chi connectivity index (χ3v) is 7.09. The highest BCUT2D eigenvalue weighted by Gasteiger charge is 2.97. The second-order valence-corrected chi connectivity index (χ2v) is 10.8. The molecule has 21 heteroatoms. The molecule has 0 spiro atoms. The summed E-state index contributed by atoms with van der Waals surface area (Å²) >= 11 is 0. The van der Waals surface area contributed by atoms with E-state index in [0.29, 0.717) is 12.8 Å². The first kappa shape index (κ1) is 45.3. The van der Waals surface area contributed by atoms with Crippen molar-refractivity contribution in [2.24, 2.45) is 0 Å². The molecule has 0 amide bonds. The van der Waals surface area contributed by atoms with Crippen LogP contribution in [-0.2, 0) is 0 Å². The molecule has 0 rings (SSSR count). The maximum absolute atomic E-state index is 13.9. The molecular formula is C26H31F21. The van der Waals surface area contributed by atoms with Crippen LogP contribution >= 0.6 is 0 Å². The quantitative estimate of drug-likeness (QED) is 0.0589. The predicted molar refractivity (Wildman–Crippen MR) is 125 cm³/mol. The fourth-order valence-corrected chi connectivity index (χ4v) is 4.01. The smallest absolute Gasteiger partial charge is 0.195 e.